The van der Waals surface area contributed by atoms with E-state index in [1.807, 2.05) is 19.9 Å². The maximum Gasteiger partial charge on any atom is 0.204 e. The Hall–Kier alpha value is -2.95. The first-order valence-electron chi connectivity index (χ1n) is 7.20. The van der Waals surface area contributed by atoms with Crippen LogP contribution in [-0.2, 0) is 0 Å². The third-order valence-electron chi connectivity index (χ3n) is 3.95. The Morgan fingerprint density at radius 2 is 1.91 bits per heavy atom. The van der Waals surface area contributed by atoms with Crippen LogP contribution in [0.4, 0.5) is 0 Å². The second-order valence-corrected chi connectivity index (χ2v) is 6.14. The summed E-state index contributed by atoms with van der Waals surface area (Å²) in [6, 6.07) is 5.97. The summed E-state index contributed by atoms with van der Waals surface area (Å²) < 4.78 is 11.6. The second-order valence-electron chi connectivity index (χ2n) is 6.14. The smallest absolute Gasteiger partial charge is 0.204 e. The van der Waals surface area contributed by atoms with Gasteiger partial charge in [-0.3, -0.25) is 4.79 Å². The lowest BCUT2D eigenvalue weighted by atomic mass is 9.99. The fourth-order valence-corrected chi connectivity index (χ4v) is 2.85. The number of hydrogen-bond acceptors (Lipinski definition) is 5. The Morgan fingerprint density at radius 3 is 2.70 bits per heavy atom. The van der Waals surface area contributed by atoms with Crippen molar-refractivity contribution in [3.8, 4) is 17.2 Å². The quantitative estimate of drug-likeness (QED) is 0.621. The number of ether oxygens (including phenoxy) is 1. The average Bonchev–Trinajstić information content (AvgIpc) is 2.48. The first kappa shape index (κ1) is 13.7. The molecule has 0 unspecified atom stereocenters. The maximum absolute atomic E-state index is 12.7. The van der Waals surface area contributed by atoms with Gasteiger partial charge in [0.1, 0.15) is 27.9 Å². The van der Waals surface area contributed by atoms with Crippen LogP contribution in [0.15, 0.2) is 39.6 Å². The van der Waals surface area contributed by atoms with Crippen molar-refractivity contribution in [2.45, 2.75) is 19.4 Å². The van der Waals surface area contributed by atoms with Crippen molar-refractivity contribution >= 4 is 28.0 Å². The number of rotatable bonds is 0. The van der Waals surface area contributed by atoms with E-state index in [9.17, 15) is 15.0 Å². The molecule has 0 spiro atoms. The first-order chi connectivity index (χ1) is 10.9. The summed E-state index contributed by atoms with van der Waals surface area (Å²) in [5, 5.41) is 20.5. The van der Waals surface area contributed by atoms with Crippen LogP contribution in [0, 0.1) is 0 Å². The molecule has 23 heavy (non-hydrogen) atoms. The van der Waals surface area contributed by atoms with E-state index >= 15 is 0 Å². The van der Waals surface area contributed by atoms with Crippen molar-refractivity contribution in [1.82, 2.24) is 0 Å². The van der Waals surface area contributed by atoms with E-state index in [2.05, 4.69) is 0 Å². The Balaban J connectivity index is 2.20. The lowest BCUT2D eigenvalue weighted by Gasteiger charge is -2.28. The number of benzene rings is 2. The largest absolute Gasteiger partial charge is 0.507 e. The summed E-state index contributed by atoms with van der Waals surface area (Å²) >= 11 is 0. The minimum atomic E-state index is -0.562. The normalized spacial score (nSPS) is 15.6. The zero-order chi connectivity index (χ0) is 16.4. The highest BCUT2D eigenvalue weighted by molar-refractivity contribution is 5.98. The monoisotopic (exact) mass is 310 g/mol. The molecular weight excluding hydrogens is 296 g/mol. The van der Waals surface area contributed by atoms with Crippen LogP contribution < -0.4 is 10.2 Å². The molecule has 4 rings (SSSR count). The maximum atomic E-state index is 12.7. The molecule has 0 amide bonds. The Labute approximate surface area is 131 Å². The number of hydrogen-bond donors (Lipinski definition) is 2. The van der Waals surface area contributed by atoms with Crippen molar-refractivity contribution in [1.29, 1.82) is 0 Å². The molecule has 0 saturated carbocycles. The molecule has 0 aliphatic carbocycles. The number of aromatic hydroxyl groups is 2. The first-order valence-corrected chi connectivity index (χ1v) is 7.20. The van der Waals surface area contributed by atoms with Crippen molar-refractivity contribution in [2.75, 3.05) is 0 Å². The molecular formula is C18H14O5. The van der Waals surface area contributed by atoms with Crippen molar-refractivity contribution < 1.29 is 19.4 Å². The summed E-state index contributed by atoms with van der Waals surface area (Å²) in [6.07, 6.45) is 3.61. The van der Waals surface area contributed by atoms with E-state index in [1.54, 1.807) is 18.2 Å². The van der Waals surface area contributed by atoms with Crippen LogP contribution in [0.2, 0.25) is 0 Å². The van der Waals surface area contributed by atoms with E-state index < -0.39 is 11.0 Å². The summed E-state index contributed by atoms with van der Waals surface area (Å²) in [5.41, 5.74) is 0.173. The van der Waals surface area contributed by atoms with Gasteiger partial charge < -0.3 is 19.4 Å². The minimum absolute atomic E-state index is 0.0976. The molecule has 5 heteroatoms. The van der Waals surface area contributed by atoms with Gasteiger partial charge in [-0.2, -0.15) is 0 Å². The Bertz CT molecular complexity index is 1060. The van der Waals surface area contributed by atoms with Gasteiger partial charge in [-0.05, 0) is 44.2 Å². The van der Waals surface area contributed by atoms with Crippen LogP contribution >= 0.6 is 0 Å². The number of phenolic OH excluding ortho intramolecular Hbond substituents is 2. The molecule has 2 heterocycles. The molecule has 2 N–H and O–H groups in total. The van der Waals surface area contributed by atoms with Crippen LogP contribution in [-0.4, -0.2) is 15.8 Å². The summed E-state index contributed by atoms with van der Waals surface area (Å²) in [4.78, 5) is 12.7. The van der Waals surface area contributed by atoms with Crippen molar-refractivity contribution in [2.24, 2.45) is 0 Å². The molecule has 1 aliphatic heterocycles. The topological polar surface area (TPSA) is 79.9 Å². The highest BCUT2D eigenvalue weighted by atomic mass is 16.5. The molecule has 0 saturated heterocycles. The Kier molecular flexibility index (Phi) is 2.55. The van der Waals surface area contributed by atoms with E-state index in [1.165, 1.54) is 12.1 Å². The van der Waals surface area contributed by atoms with E-state index in [4.69, 9.17) is 9.15 Å². The fourth-order valence-electron chi connectivity index (χ4n) is 2.85. The molecule has 0 fully saturated rings. The lowest BCUT2D eigenvalue weighted by molar-refractivity contribution is 0.153. The van der Waals surface area contributed by atoms with Crippen molar-refractivity contribution in [3.05, 3.63) is 46.1 Å². The van der Waals surface area contributed by atoms with Gasteiger partial charge in [-0.25, -0.2) is 0 Å². The molecule has 0 bridgehead atoms. The van der Waals surface area contributed by atoms with Gasteiger partial charge in [-0.15, -0.1) is 0 Å². The molecule has 1 aromatic heterocycles. The molecule has 5 nitrogen and oxygen atoms in total. The third kappa shape index (κ3) is 1.90. The van der Waals surface area contributed by atoms with Gasteiger partial charge in [-0.1, -0.05) is 6.07 Å². The predicted molar refractivity (Wildman–Crippen MR) is 87.1 cm³/mol. The number of phenols is 2. The minimum Gasteiger partial charge on any atom is -0.507 e. The zero-order valence-electron chi connectivity index (χ0n) is 12.6. The van der Waals surface area contributed by atoms with Gasteiger partial charge in [0.05, 0.1) is 10.9 Å². The van der Waals surface area contributed by atoms with Crippen LogP contribution in [0.25, 0.3) is 28.0 Å². The van der Waals surface area contributed by atoms with Crippen LogP contribution in [0.1, 0.15) is 19.4 Å². The van der Waals surface area contributed by atoms with Gasteiger partial charge in [0.25, 0.3) is 0 Å². The molecule has 3 aromatic rings. The third-order valence-corrected chi connectivity index (χ3v) is 3.95. The summed E-state index contributed by atoms with van der Waals surface area (Å²) in [6.45, 7) is 3.73. The zero-order valence-corrected chi connectivity index (χ0v) is 12.6. The van der Waals surface area contributed by atoms with E-state index in [0.29, 0.717) is 11.1 Å². The summed E-state index contributed by atoms with van der Waals surface area (Å²) in [7, 11) is 0. The van der Waals surface area contributed by atoms with E-state index in [0.717, 1.165) is 0 Å². The predicted octanol–water partition coefficient (Wildman–Crippen LogP) is 3.54. The molecule has 0 atom stereocenters. The summed E-state index contributed by atoms with van der Waals surface area (Å²) in [5.74, 6) is 0.00272. The molecule has 116 valence electrons. The van der Waals surface area contributed by atoms with Gasteiger partial charge in [0.2, 0.25) is 5.43 Å². The van der Waals surface area contributed by atoms with Gasteiger partial charge in [0, 0.05) is 0 Å². The SMILES string of the molecule is CC1(C)C=Cc2c(c(O)cc3c(=O)c4c(O)cccc4oc23)O1. The van der Waals surface area contributed by atoms with Crippen LogP contribution in [0.3, 0.4) is 0 Å². The molecule has 1 aliphatic rings. The van der Waals surface area contributed by atoms with Gasteiger partial charge >= 0.3 is 0 Å². The Morgan fingerprint density at radius 1 is 1.13 bits per heavy atom. The van der Waals surface area contributed by atoms with E-state index in [-0.39, 0.29) is 33.6 Å². The van der Waals surface area contributed by atoms with Crippen molar-refractivity contribution in [3.63, 3.8) is 0 Å². The standard InChI is InChI=1S/C18H14O5/c1-18(2)7-6-9-16-10(8-12(20)17(9)23-18)15(21)14-11(19)4-3-5-13(14)22-16/h3-8,19-20H,1-2H3. The molecule has 2 aromatic carbocycles. The second kappa shape index (κ2) is 4.29. The molecule has 0 radical (unpaired) electrons. The number of fused-ring (bicyclic) bond motifs is 4. The average molecular weight is 310 g/mol. The highest BCUT2D eigenvalue weighted by Crippen LogP contribution is 2.43. The fraction of sp³-hybridized carbons (Fsp3) is 0.167. The van der Waals surface area contributed by atoms with Crippen LogP contribution in [0.5, 0.6) is 17.2 Å². The van der Waals surface area contributed by atoms with Gasteiger partial charge in [0.15, 0.2) is 11.5 Å². The lowest BCUT2D eigenvalue weighted by Crippen LogP contribution is -2.27. The highest BCUT2D eigenvalue weighted by Gasteiger charge is 2.27.